The fourth-order valence-corrected chi connectivity index (χ4v) is 3.24. The molecule has 8 nitrogen and oxygen atoms in total. The van der Waals surface area contributed by atoms with E-state index >= 15 is 0 Å². The van der Waals surface area contributed by atoms with Crippen LogP contribution in [-0.4, -0.2) is 48.8 Å². The molecule has 9 heteroatoms. The van der Waals surface area contributed by atoms with Crippen LogP contribution in [0.3, 0.4) is 0 Å². The van der Waals surface area contributed by atoms with Gasteiger partial charge in [0.15, 0.2) is 0 Å². The summed E-state index contributed by atoms with van der Waals surface area (Å²) in [4.78, 5) is 21.6. The Kier molecular flexibility index (Phi) is 5.27. The third kappa shape index (κ3) is 4.77. The zero-order valence-electron chi connectivity index (χ0n) is 10.7. The Morgan fingerprint density at radius 3 is 2.37 bits per heavy atom. The van der Waals surface area contributed by atoms with Crippen molar-refractivity contribution in [1.82, 2.24) is 9.03 Å². The summed E-state index contributed by atoms with van der Waals surface area (Å²) in [6, 6.07) is -1.53. The fraction of sp³-hybridized carbons (Fsp3) is 0.800. The number of hydrogen-bond acceptors (Lipinski definition) is 4. The summed E-state index contributed by atoms with van der Waals surface area (Å²) >= 11 is 0. The Bertz CT molecular complexity index is 442. The van der Waals surface area contributed by atoms with Crippen LogP contribution in [0.25, 0.3) is 0 Å². The molecule has 0 aliphatic carbocycles. The summed E-state index contributed by atoms with van der Waals surface area (Å²) in [5, 5.41) is 8.87. The minimum absolute atomic E-state index is 0.347. The molecule has 0 aromatic rings. The lowest BCUT2D eigenvalue weighted by Crippen LogP contribution is -2.51. The first-order chi connectivity index (χ1) is 8.72. The molecule has 0 spiro atoms. The van der Waals surface area contributed by atoms with Crippen molar-refractivity contribution in [2.45, 2.75) is 32.2 Å². The van der Waals surface area contributed by atoms with Crippen LogP contribution in [0.5, 0.6) is 0 Å². The van der Waals surface area contributed by atoms with E-state index in [4.69, 9.17) is 10.8 Å². The Morgan fingerprint density at radius 1 is 1.42 bits per heavy atom. The number of nitrogens with one attached hydrogen (secondary N) is 1. The van der Waals surface area contributed by atoms with Crippen LogP contribution in [-0.2, 0) is 19.8 Å². The van der Waals surface area contributed by atoms with Crippen LogP contribution in [0.2, 0.25) is 0 Å². The number of nitrogens with two attached hydrogens (primary N) is 1. The van der Waals surface area contributed by atoms with Gasteiger partial charge >= 0.3 is 5.97 Å². The monoisotopic (exact) mass is 293 g/mol. The van der Waals surface area contributed by atoms with Crippen LogP contribution in [0.4, 0.5) is 0 Å². The van der Waals surface area contributed by atoms with Gasteiger partial charge in [-0.15, -0.1) is 0 Å². The summed E-state index contributed by atoms with van der Waals surface area (Å²) in [6.45, 7) is 2.73. The summed E-state index contributed by atoms with van der Waals surface area (Å²) in [5.41, 5.74) is 4.90. The van der Waals surface area contributed by atoms with Crippen LogP contribution in [0.15, 0.2) is 0 Å². The van der Waals surface area contributed by atoms with Gasteiger partial charge in [0.2, 0.25) is 5.91 Å². The average Bonchev–Trinajstić information content (AvgIpc) is 2.27. The number of carboxylic acid groups (broad SMARTS) is 1. The van der Waals surface area contributed by atoms with Gasteiger partial charge in [0.1, 0.15) is 6.04 Å². The minimum atomic E-state index is -3.90. The lowest BCUT2D eigenvalue weighted by molar-refractivity contribution is -0.140. The maximum Gasteiger partial charge on any atom is 0.322 e. The number of carbonyl (C=O) groups excluding carboxylic acids is 1. The molecule has 0 radical (unpaired) electrons. The second-order valence-corrected chi connectivity index (χ2v) is 6.47. The molecule has 1 rings (SSSR count). The first-order valence-corrected chi connectivity index (χ1v) is 7.45. The molecule has 4 N–H and O–H groups in total. The molecule has 0 aromatic heterocycles. The van der Waals surface area contributed by atoms with Crippen molar-refractivity contribution in [3.8, 4) is 0 Å². The predicted molar refractivity (Wildman–Crippen MR) is 67.3 cm³/mol. The van der Waals surface area contributed by atoms with E-state index in [0.717, 1.165) is 12.8 Å². The highest BCUT2D eigenvalue weighted by atomic mass is 32.2. The van der Waals surface area contributed by atoms with E-state index in [9.17, 15) is 18.0 Å². The predicted octanol–water partition coefficient (Wildman–Crippen LogP) is -1.12. The van der Waals surface area contributed by atoms with E-state index in [-0.39, 0.29) is 0 Å². The quantitative estimate of drug-likeness (QED) is 0.571. The van der Waals surface area contributed by atoms with Gasteiger partial charge in [0, 0.05) is 13.1 Å². The molecule has 1 heterocycles. The molecule has 0 aromatic carbocycles. The van der Waals surface area contributed by atoms with Gasteiger partial charge in [-0.25, -0.2) is 0 Å². The normalized spacial score (nSPS) is 20.1. The van der Waals surface area contributed by atoms with Crippen LogP contribution >= 0.6 is 0 Å². The van der Waals surface area contributed by atoms with Crippen molar-refractivity contribution in [3.63, 3.8) is 0 Å². The molecular weight excluding hydrogens is 274 g/mol. The Morgan fingerprint density at radius 2 is 1.95 bits per heavy atom. The number of carboxylic acids is 1. The van der Waals surface area contributed by atoms with Crippen molar-refractivity contribution in [3.05, 3.63) is 0 Å². The molecule has 110 valence electrons. The lowest BCUT2D eigenvalue weighted by Gasteiger charge is -2.30. The molecule has 1 fully saturated rings. The molecule has 0 bridgehead atoms. The zero-order chi connectivity index (χ0) is 14.6. The minimum Gasteiger partial charge on any atom is -0.480 e. The molecule has 0 unspecified atom stereocenters. The van der Waals surface area contributed by atoms with Gasteiger partial charge < -0.3 is 10.8 Å². The summed E-state index contributed by atoms with van der Waals surface area (Å²) in [6.07, 6.45) is 0.891. The molecule has 1 aliphatic rings. The van der Waals surface area contributed by atoms with E-state index in [1.165, 1.54) is 4.31 Å². The number of primary amides is 1. The second-order valence-electron chi connectivity index (χ2n) is 4.77. The van der Waals surface area contributed by atoms with Gasteiger partial charge in [-0.1, -0.05) is 6.92 Å². The second kappa shape index (κ2) is 6.31. The molecule has 1 aliphatic heterocycles. The highest BCUT2D eigenvalue weighted by Crippen LogP contribution is 2.18. The number of amides is 1. The van der Waals surface area contributed by atoms with Gasteiger partial charge in [-0.3, -0.25) is 9.59 Å². The smallest absolute Gasteiger partial charge is 0.322 e. The highest BCUT2D eigenvalue weighted by Gasteiger charge is 2.31. The van der Waals surface area contributed by atoms with Crippen molar-refractivity contribution in [2.75, 3.05) is 13.1 Å². The van der Waals surface area contributed by atoms with Gasteiger partial charge in [-0.2, -0.15) is 17.4 Å². The van der Waals surface area contributed by atoms with Gasteiger partial charge in [-0.05, 0) is 18.8 Å². The van der Waals surface area contributed by atoms with Gasteiger partial charge in [0.25, 0.3) is 10.2 Å². The first kappa shape index (κ1) is 15.9. The number of hydrogen-bond donors (Lipinski definition) is 3. The highest BCUT2D eigenvalue weighted by molar-refractivity contribution is 7.87. The number of carbonyl (C=O) groups is 2. The standard InChI is InChI=1S/C10H19N3O5S/c1-7-2-4-13(5-3-7)19(17,18)12-8(10(15)16)6-9(11)14/h7-8,12H,2-6H2,1H3,(H2,11,14)(H,15,16)/t8-/m1/s1. The summed E-state index contributed by atoms with van der Waals surface area (Å²) in [7, 11) is -3.90. The fourth-order valence-electron chi connectivity index (χ4n) is 1.86. The van der Waals surface area contributed by atoms with E-state index in [1.54, 1.807) is 0 Å². The molecule has 1 saturated heterocycles. The third-order valence-corrected chi connectivity index (χ3v) is 4.70. The number of piperidine rings is 1. The summed E-state index contributed by atoms with van der Waals surface area (Å²) in [5.74, 6) is -1.84. The van der Waals surface area contributed by atoms with E-state index in [0.29, 0.717) is 19.0 Å². The Labute approximate surface area is 112 Å². The van der Waals surface area contributed by atoms with Crippen LogP contribution in [0, 0.1) is 5.92 Å². The van der Waals surface area contributed by atoms with E-state index < -0.39 is 34.5 Å². The molecule has 1 atom stereocenters. The maximum atomic E-state index is 12.0. The Balaban J connectivity index is 2.71. The van der Waals surface area contributed by atoms with Gasteiger partial charge in [0.05, 0.1) is 6.42 Å². The molecular formula is C10H19N3O5S. The van der Waals surface area contributed by atoms with Crippen molar-refractivity contribution >= 4 is 22.1 Å². The Hall–Kier alpha value is -1.19. The number of aliphatic carboxylic acids is 1. The largest absolute Gasteiger partial charge is 0.480 e. The topological polar surface area (TPSA) is 130 Å². The maximum absolute atomic E-state index is 12.0. The number of rotatable bonds is 6. The third-order valence-electron chi connectivity index (χ3n) is 3.08. The first-order valence-electron chi connectivity index (χ1n) is 6.01. The SMILES string of the molecule is CC1CCN(S(=O)(=O)N[C@H](CC(N)=O)C(=O)O)CC1. The zero-order valence-corrected chi connectivity index (χ0v) is 11.5. The van der Waals surface area contributed by atoms with Crippen LogP contribution in [0.1, 0.15) is 26.2 Å². The molecule has 19 heavy (non-hydrogen) atoms. The average molecular weight is 293 g/mol. The van der Waals surface area contributed by atoms with E-state index in [2.05, 4.69) is 0 Å². The van der Waals surface area contributed by atoms with Crippen LogP contribution < -0.4 is 10.5 Å². The molecule has 1 amide bonds. The lowest BCUT2D eigenvalue weighted by atomic mass is 10.0. The van der Waals surface area contributed by atoms with Crippen molar-refractivity contribution < 1.29 is 23.1 Å². The van der Waals surface area contributed by atoms with Crippen molar-refractivity contribution in [1.29, 1.82) is 0 Å². The summed E-state index contributed by atoms with van der Waals surface area (Å²) < 4.78 is 27.2. The van der Waals surface area contributed by atoms with Crippen molar-refractivity contribution in [2.24, 2.45) is 11.7 Å². The number of nitrogens with zero attached hydrogens (tertiary/aromatic N) is 1. The molecule has 0 saturated carbocycles. The van der Waals surface area contributed by atoms with E-state index in [1.807, 2.05) is 11.6 Å².